The van der Waals surface area contributed by atoms with Gasteiger partial charge in [0.15, 0.2) is 0 Å². The fourth-order valence-electron chi connectivity index (χ4n) is 1.38. The summed E-state index contributed by atoms with van der Waals surface area (Å²) in [7, 11) is 0. The lowest BCUT2D eigenvalue weighted by Crippen LogP contribution is -2.42. The first-order chi connectivity index (χ1) is 7.42. The van der Waals surface area contributed by atoms with Gasteiger partial charge in [0.1, 0.15) is 0 Å². The van der Waals surface area contributed by atoms with E-state index < -0.39 is 24.8 Å². The number of alkyl halides is 4. The standard InChI is InChI=1S/C9H13F4NO2/c10-8(11)9(12,13)5-14-7(15)4-6-2-1-3-16-6/h6,8H,1-5H2,(H,14,15). The molecule has 3 nitrogen and oxygen atoms in total. The Labute approximate surface area is 90.1 Å². The van der Waals surface area contributed by atoms with E-state index in [1.165, 1.54) is 0 Å². The highest BCUT2D eigenvalue weighted by atomic mass is 19.3. The number of rotatable bonds is 5. The lowest BCUT2D eigenvalue weighted by Gasteiger charge is -2.16. The lowest BCUT2D eigenvalue weighted by molar-refractivity contribution is -0.137. The summed E-state index contributed by atoms with van der Waals surface area (Å²) in [5.41, 5.74) is 0. The number of ether oxygens (including phenoxy) is 1. The molecule has 1 saturated heterocycles. The van der Waals surface area contributed by atoms with Crippen LogP contribution in [0.4, 0.5) is 17.6 Å². The van der Waals surface area contributed by atoms with Crippen molar-refractivity contribution in [3.63, 3.8) is 0 Å². The third-order valence-corrected chi connectivity index (χ3v) is 2.28. The molecule has 1 aliphatic rings. The smallest absolute Gasteiger partial charge is 0.324 e. The monoisotopic (exact) mass is 243 g/mol. The van der Waals surface area contributed by atoms with Crippen molar-refractivity contribution in [2.24, 2.45) is 0 Å². The molecule has 1 aliphatic heterocycles. The van der Waals surface area contributed by atoms with Gasteiger partial charge in [0.25, 0.3) is 0 Å². The molecule has 1 amide bonds. The van der Waals surface area contributed by atoms with Crippen molar-refractivity contribution in [2.75, 3.05) is 13.2 Å². The molecule has 0 aromatic rings. The van der Waals surface area contributed by atoms with Crippen LogP contribution < -0.4 is 5.32 Å². The molecule has 0 aliphatic carbocycles. The van der Waals surface area contributed by atoms with Gasteiger partial charge in [-0.25, -0.2) is 8.78 Å². The van der Waals surface area contributed by atoms with Crippen LogP contribution in [-0.4, -0.2) is 37.5 Å². The molecule has 7 heteroatoms. The summed E-state index contributed by atoms with van der Waals surface area (Å²) in [4.78, 5) is 11.1. The van der Waals surface area contributed by atoms with Crippen molar-refractivity contribution in [1.82, 2.24) is 5.32 Å². The van der Waals surface area contributed by atoms with E-state index >= 15 is 0 Å². The minimum absolute atomic E-state index is 0.0562. The summed E-state index contributed by atoms with van der Waals surface area (Å²) < 4.78 is 53.4. The number of nitrogens with one attached hydrogen (secondary N) is 1. The van der Waals surface area contributed by atoms with Crippen LogP contribution >= 0.6 is 0 Å². The van der Waals surface area contributed by atoms with E-state index in [2.05, 4.69) is 0 Å². The molecule has 0 bridgehead atoms. The van der Waals surface area contributed by atoms with Crippen molar-refractivity contribution in [3.8, 4) is 0 Å². The Morgan fingerprint density at radius 2 is 2.19 bits per heavy atom. The third kappa shape index (κ3) is 3.96. The Morgan fingerprint density at radius 1 is 1.50 bits per heavy atom. The normalized spacial score (nSPS) is 21.4. The summed E-state index contributed by atoms with van der Waals surface area (Å²) >= 11 is 0. The van der Waals surface area contributed by atoms with Crippen LogP contribution in [0.15, 0.2) is 0 Å². The second-order valence-electron chi connectivity index (χ2n) is 3.68. The van der Waals surface area contributed by atoms with Crippen molar-refractivity contribution in [1.29, 1.82) is 0 Å². The van der Waals surface area contributed by atoms with Gasteiger partial charge in [0, 0.05) is 6.61 Å². The molecular formula is C9H13F4NO2. The molecule has 0 spiro atoms. The molecule has 0 aromatic heterocycles. The van der Waals surface area contributed by atoms with E-state index in [0.29, 0.717) is 13.0 Å². The number of amides is 1. The van der Waals surface area contributed by atoms with E-state index in [1.807, 2.05) is 0 Å². The fourth-order valence-corrected chi connectivity index (χ4v) is 1.38. The lowest BCUT2D eigenvalue weighted by atomic mass is 10.2. The van der Waals surface area contributed by atoms with Gasteiger partial charge in [0.2, 0.25) is 5.91 Å². The summed E-state index contributed by atoms with van der Waals surface area (Å²) in [5.74, 6) is -4.86. The van der Waals surface area contributed by atoms with Crippen molar-refractivity contribution in [2.45, 2.75) is 37.7 Å². The second-order valence-corrected chi connectivity index (χ2v) is 3.68. The Bertz CT molecular complexity index is 242. The highest BCUT2D eigenvalue weighted by Gasteiger charge is 2.40. The topological polar surface area (TPSA) is 38.3 Å². The summed E-state index contributed by atoms with van der Waals surface area (Å²) in [6, 6.07) is 0. The quantitative estimate of drug-likeness (QED) is 0.744. The van der Waals surface area contributed by atoms with Crippen LogP contribution in [0.2, 0.25) is 0 Å². The van der Waals surface area contributed by atoms with Gasteiger partial charge in [0.05, 0.1) is 19.1 Å². The van der Waals surface area contributed by atoms with Crippen LogP contribution in [0.5, 0.6) is 0 Å². The Balaban J connectivity index is 2.24. The number of carbonyl (C=O) groups is 1. The van der Waals surface area contributed by atoms with Crippen molar-refractivity contribution in [3.05, 3.63) is 0 Å². The summed E-state index contributed by atoms with van der Waals surface area (Å²) in [5, 5.41) is 1.78. The van der Waals surface area contributed by atoms with Crippen LogP contribution in [0.25, 0.3) is 0 Å². The first-order valence-corrected chi connectivity index (χ1v) is 4.96. The maximum atomic E-state index is 12.4. The van der Waals surface area contributed by atoms with E-state index in [-0.39, 0.29) is 12.5 Å². The first-order valence-electron chi connectivity index (χ1n) is 4.96. The van der Waals surface area contributed by atoms with Crippen LogP contribution in [0.1, 0.15) is 19.3 Å². The van der Waals surface area contributed by atoms with E-state index in [0.717, 1.165) is 6.42 Å². The van der Waals surface area contributed by atoms with E-state index in [1.54, 1.807) is 5.32 Å². The molecule has 1 N–H and O–H groups in total. The predicted molar refractivity (Wildman–Crippen MR) is 47.6 cm³/mol. The molecule has 1 heterocycles. The van der Waals surface area contributed by atoms with Crippen molar-refractivity contribution >= 4 is 5.91 Å². The Morgan fingerprint density at radius 3 is 2.69 bits per heavy atom. The zero-order valence-corrected chi connectivity index (χ0v) is 8.52. The Kier molecular flexibility index (Phi) is 4.52. The molecule has 0 saturated carbocycles. The van der Waals surface area contributed by atoms with E-state index in [4.69, 9.17) is 4.74 Å². The molecule has 94 valence electrons. The van der Waals surface area contributed by atoms with Gasteiger partial charge in [-0.2, -0.15) is 8.78 Å². The van der Waals surface area contributed by atoms with Gasteiger partial charge in [-0.05, 0) is 12.8 Å². The predicted octanol–water partition coefficient (Wildman–Crippen LogP) is 1.57. The second kappa shape index (κ2) is 5.47. The Hall–Kier alpha value is -0.850. The van der Waals surface area contributed by atoms with Gasteiger partial charge >= 0.3 is 12.3 Å². The van der Waals surface area contributed by atoms with Crippen LogP contribution in [0.3, 0.4) is 0 Å². The maximum Gasteiger partial charge on any atom is 0.324 e. The molecule has 16 heavy (non-hydrogen) atoms. The number of hydrogen-bond donors (Lipinski definition) is 1. The number of halogens is 4. The molecule has 1 rings (SSSR count). The number of hydrogen-bond acceptors (Lipinski definition) is 2. The van der Waals surface area contributed by atoms with Gasteiger partial charge in [-0.3, -0.25) is 4.79 Å². The van der Waals surface area contributed by atoms with Gasteiger partial charge in [-0.1, -0.05) is 0 Å². The fraction of sp³-hybridized carbons (Fsp3) is 0.889. The van der Waals surface area contributed by atoms with Gasteiger partial charge in [-0.15, -0.1) is 0 Å². The highest BCUT2D eigenvalue weighted by molar-refractivity contribution is 5.76. The number of carbonyl (C=O) groups excluding carboxylic acids is 1. The maximum absolute atomic E-state index is 12.4. The largest absolute Gasteiger partial charge is 0.378 e. The van der Waals surface area contributed by atoms with Crippen LogP contribution in [-0.2, 0) is 9.53 Å². The van der Waals surface area contributed by atoms with Gasteiger partial charge < -0.3 is 10.1 Å². The summed E-state index contributed by atoms with van der Waals surface area (Å²) in [6.45, 7) is -0.790. The SMILES string of the molecule is O=C(CC1CCCO1)NCC(F)(F)C(F)F. The molecular weight excluding hydrogens is 230 g/mol. The first kappa shape index (κ1) is 13.2. The minimum Gasteiger partial charge on any atom is -0.378 e. The average Bonchev–Trinajstić information content (AvgIpc) is 2.67. The molecule has 0 radical (unpaired) electrons. The average molecular weight is 243 g/mol. The minimum atomic E-state index is -4.17. The molecule has 1 unspecified atom stereocenters. The zero-order chi connectivity index (χ0) is 12.2. The molecule has 1 atom stereocenters. The third-order valence-electron chi connectivity index (χ3n) is 2.28. The zero-order valence-electron chi connectivity index (χ0n) is 8.52. The highest BCUT2D eigenvalue weighted by Crippen LogP contribution is 2.21. The van der Waals surface area contributed by atoms with Crippen molar-refractivity contribution < 1.29 is 27.1 Å². The molecule has 1 fully saturated rings. The van der Waals surface area contributed by atoms with Crippen LogP contribution in [0, 0.1) is 0 Å². The van der Waals surface area contributed by atoms with E-state index in [9.17, 15) is 22.4 Å². The summed E-state index contributed by atoms with van der Waals surface area (Å²) in [6.07, 6.45) is -2.58. The molecule has 0 aromatic carbocycles.